The van der Waals surface area contributed by atoms with Crippen molar-refractivity contribution in [2.45, 2.75) is 13.1 Å². The predicted molar refractivity (Wildman–Crippen MR) is 51.9 cm³/mol. The first-order chi connectivity index (χ1) is 7.29. The van der Waals surface area contributed by atoms with Gasteiger partial charge < -0.3 is 10.5 Å². The van der Waals surface area contributed by atoms with E-state index in [1.165, 1.54) is 18.2 Å². The Morgan fingerprint density at radius 3 is 2.56 bits per heavy atom. The molecule has 2 N–H and O–H groups in total. The van der Waals surface area contributed by atoms with Gasteiger partial charge in [0.25, 0.3) is 0 Å². The molecule has 1 rings (SSSR count). The summed E-state index contributed by atoms with van der Waals surface area (Å²) in [6, 6.07) is 4.25. The molecule has 0 aliphatic heterocycles. The van der Waals surface area contributed by atoms with E-state index < -0.39 is 18.8 Å². The van der Waals surface area contributed by atoms with Crippen molar-refractivity contribution in [3.63, 3.8) is 0 Å². The van der Waals surface area contributed by atoms with Gasteiger partial charge in [0.05, 0.1) is 5.56 Å². The standard InChI is InChI=1S/C10H10F3NO2/c1-6-4-7(14)2-3-8(6)9(15)16-5-10(11,12)13/h2-4H,5,14H2,1H3. The molecule has 0 aliphatic rings. The third kappa shape index (κ3) is 3.45. The highest BCUT2D eigenvalue weighted by atomic mass is 19.4. The van der Waals surface area contributed by atoms with Crippen LogP contribution in [-0.2, 0) is 4.74 Å². The molecule has 0 fully saturated rings. The van der Waals surface area contributed by atoms with Crippen molar-refractivity contribution in [2.24, 2.45) is 0 Å². The molecule has 0 spiro atoms. The van der Waals surface area contributed by atoms with Gasteiger partial charge in [0.1, 0.15) is 0 Å². The highest BCUT2D eigenvalue weighted by Crippen LogP contribution is 2.17. The third-order valence-corrected chi connectivity index (χ3v) is 1.84. The van der Waals surface area contributed by atoms with Crippen LogP contribution >= 0.6 is 0 Å². The Balaban J connectivity index is 2.74. The number of hydrogen-bond donors (Lipinski definition) is 1. The van der Waals surface area contributed by atoms with Gasteiger partial charge in [0.2, 0.25) is 0 Å². The molecule has 0 aliphatic carbocycles. The number of rotatable bonds is 2. The zero-order valence-corrected chi connectivity index (χ0v) is 8.47. The van der Waals surface area contributed by atoms with Crippen molar-refractivity contribution in [1.82, 2.24) is 0 Å². The first kappa shape index (κ1) is 12.4. The van der Waals surface area contributed by atoms with Gasteiger partial charge in [-0.1, -0.05) is 0 Å². The molecule has 88 valence electrons. The van der Waals surface area contributed by atoms with Crippen molar-refractivity contribution in [3.05, 3.63) is 29.3 Å². The summed E-state index contributed by atoms with van der Waals surface area (Å²) in [7, 11) is 0. The van der Waals surface area contributed by atoms with Crippen LogP contribution in [0.15, 0.2) is 18.2 Å². The topological polar surface area (TPSA) is 52.3 Å². The van der Waals surface area contributed by atoms with Crippen molar-refractivity contribution in [2.75, 3.05) is 12.3 Å². The highest BCUT2D eigenvalue weighted by Gasteiger charge is 2.30. The van der Waals surface area contributed by atoms with Crippen molar-refractivity contribution in [1.29, 1.82) is 0 Å². The number of ether oxygens (including phenoxy) is 1. The number of nitrogen functional groups attached to an aromatic ring is 1. The van der Waals surface area contributed by atoms with E-state index >= 15 is 0 Å². The van der Waals surface area contributed by atoms with Crippen LogP contribution in [0, 0.1) is 6.92 Å². The van der Waals surface area contributed by atoms with E-state index in [1.807, 2.05) is 0 Å². The summed E-state index contributed by atoms with van der Waals surface area (Å²) in [4.78, 5) is 11.3. The van der Waals surface area contributed by atoms with Crippen molar-refractivity contribution < 1.29 is 22.7 Å². The molecular formula is C10H10F3NO2. The summed E-state index contributed by atoms with van der Waals surface area (Å²) in [6.07, 6.45) is -4.52. The number of nitrogens with two attached hydrogens (primary N) is 1. The molecule has 0 bridgehead atoms. The Morgan fingerprint density at radius 2 is 2.06 bits per heavy atom. The van der Waals surface area contributed by atoms with E-state index in [0.717, 1.165) is 0 Å². The summed E-state index contributed by atoms with van der Waals surface area (Å²) in [5, 5.41) is 0. The molecule has 0 radical (unpaired) electrons. The molecule has 0 heterocycles. The molecule has 0 atom stereocenters. The number of anilines is 1. The largest absolute Gasteiger partial charge is 0.452 e. The Morgan fingerprint density at radius 1 is 1.44 bits per heavy atom. The number of aryl methyl sites for hydroxylation is 1. The van der Waals surface area contributed by atoms with Crippen LogP contribution in [0.3, 0.4) is 0 Å². The van der Waals surface area contributed by atoms with Gasteiger partial charge in [-0.25, -0.2) is 4.79 Å². The maximum absolute atomic E-state index is 11.8. The molecule has 0 saturated heterocycles. The maximum atomic E-state index is 11.8. The molecular weight excluding hydrogens is 223 g/mol. The molecule has 0 amide bonds. The lowest BCUT2D eigenvalue weighted by Gasteiger charge is -2.09. The second kappa shape index (κ2) is 4.42. The minimum Gasteiger partial charge on any atom is -0.452 e. The zero-order valence-electron chi connectivity index (χ0n) is 8.47. The maximum Gasteiger partial charge on any atom is 0.422 e. The van der Waals surface area contributed by atoms with Crippen molar-refractivity contribution >= 4 is 11.7 Å². The van der Waals surface area contributed by atoms with Gasteiger partial charge >= 0.3 is 12.1 Å². The highest BCUT2D eigenvalue weighted by molar-refractivity contribution is 5.91. The predicted octanol–water partition coefficient (Wildman–Crippen LogP) is 2.30. The lowest BCUT2D eigenvalue weighted by atomic mass is 10.1. The molecule has 16 heavy (non-hydrogen) atoms. The average molecular weight is 233 g/mol. The monoisotopic (exact) mass is 233 g/mol. The third-order valence-electron chi connectivity index (χ3n) is 1.84. The van der Waals surface area contributed by atoms with Crippen LogP contribution in [-0.4, -0.2) is 18.8 Å². The molecule has 0 saturated carbocycles. The normalized spacial score (nSPS) is 11.2. The number of alkyl halides is 3. The molecule has 3 nitrogen and oxygen atoms in total. The SMILES string of the molecule is Cc1cc(N)ccc1C(=O)OCC(F)(F)F. The van der Waals surface area contributed by atoms with Crippen LogP contribution in [0.4, 0.5) is 18.9 Å². The number of benzene rings is 1. The molecule has 0 aromatic heterocycles. The smallest absolute Gasteiger partial charge is 0.422 e. The van der Waals surface area contributed by atoms with Crippen molar-refractivity contribution in [3.8, 4) is 0 Å². The summed E-state index contributed by atoms with van der Waals surface area (Å²) in [6.45, 7) is -0.0177. The molecule has 1 aromatic carbocycles. The number of carbonyl (C=O) groups is 1. The lowest BCUT2D eigenvalue weighted by molar-refractivity contribution is -0.161. The minimum atomic E-state index is -4.52. The fraction of sp³-hybridized carbons (Fsp3) is 0.300. The van der Waals surface area contributed by atoms with E-state index in [0.29, 0.717) is 11.3 Å². The van der Waals surface area contributed by atoms with Crippen LogP contribution in [0.5, 0.6) is 0 Å². The summed E-state index contributed by atoms with van der Waals surface area (Å²) in [5.74, 6) is -1.00. The fourth-order valence-electron chi connectivity index (χ4n) is 1.14. The Labute approximate surface area is 90.0 Å². The average Bonchev–Trinajstić information content (AvgIpc) is 2.13. The first-order valence-electron chi connectivity index (χ1n) is 4.39. The van der Waals surface area contributed by atoms with E-state index in [4.69, 9.17) is 5.73 Å². The van der Waals surface area contributed by atoms with E-state index in [2.05, 4.69) is 4.74 Å². The summed E-state index contributed by atoms with van der Waals surface area (Å²) >= 11 is 0. The Kier molecular flexibility index (Phi) is 3.41. The van der Waals surface area contributed by atoms with Crippen LogP contribution in [0.2, 0.25) is 0 Å². The Bertz CT molecular complexity index is 402. The van der Waals surface area contributed by atoms with Crippen LogP contribution in [0.1, 0.15) is 15.9 Å². The molecule has 6 heteroatoms. The summed E-state index contributed by atoms with van der Waals surface area (Å²) in [5.41, 5.74) is 6.43. The second-order valence-corrected chi connectivity index (χ2v) is 3.27. The summed E-state index contributed by atoms with van der Waals surface area (Å²) < 4.78 is 39.5. The lowest BCUT2D eigenvalue weighted by Crippen LogP contribution is -2.20. The molecule has 1 aromatic rings. The van der Waals surface area contributed by atoms with Gasteiger partial charge in [-0.05, 0) is 30.7 Å². The number of hydrogen-bond acceptors (Lipinski definition) is 3. The van der Waals surface area contributed by atoms with Gasteiger partial charge in [0, 0.05) is 5.69 Å². The van der Waals surface area contributed by atoms with Gasteiger partial charge in [-0.3, -0.25) is 0 Å². The first-order valence-corrected chi connectivity index (χ1v) is 4.39. The number of halogens is 3. The fourth-order valence-corrected chi connectivity index (χ4v) is 1.14. The zero-order chi connectivity index (χ0) is 12.3. The second-order valence-electron chi connectivity index (χ2n) is 3.27. The minimum absolute atomic E-state index is 0.0819. The van der Waals surface area contributed by atoms with Gasteiger partial charge in [-0.15, -0.1) is 0 Å². The molecule has 0 unspecified atom stereocenters. The van der Waals surface area contributed by atoms with E-state index in [-0.39, 0.29) is 5.56 Å². The van der Waals surface area contributed by atoms with Crippen LogP contribution < -0.4 is 5.73 Å². The quantitative estimate of drug-likeness (QED) is 0.629. The number of esters is 1. The number of carbonyl (C=O) groups excluding carboxylic acids is 1. The van der Waals surface area contributed by atoms with E-state index in [9.17, 15) is 18.0 Å². The van der Waals surface area contributed by atoms with Crippen LogP contribution in [0.25, 0.3) is 0 Å². The van der Waals surface area contributed by atoms with Gasteiger partial charge in [0.15, 0.2) is 6.61 Å². The van der Waals surface area contributed by atoms with E-state index in [1.54, 1.807) is 6.92 Å². The Hall–Kier alpha value is -1.72. The van der Waals surface area contributed by atoms with Gasteiger partial charge in [-0.2, -0.15) is 13.2 Å².